The number of nitrogen functional groups attached to an aromatic ring is 1. The van der Waals surface area contributed by atoms with E-state index in [1.165, 1.54) is 16.8 Å². The van der Waals surface area contributed by atoms with Crippen LogP contribution in [0.1, 0.15) is 30.4 Å². The monoisotopic (exact) mass is 278 g/mol. The average molecular weight is 278 g/mol. The van der Waals surface area contributed by atoms with E-state index in [0.29, 0.717) is 5.82 Å². The maximum atomic E-state index is 6.03. The number of nitrogens with two attached hydrogens (primary N) is 1. The molecule has 19 heavy (non-hydrogen) atoms. The number of hydrogen-bond acceptors (Lipinski definition) is 4. The van der Waals surface area contributed by atoms with Gasteiger partial charge in [-0.15, -0.1) is 0 Å². The highest BCUT2D eigenvalue weighted by molar-refractivity contribution is 7.98. The van der Waals surface area contributed by atoms with Gasteiger partial charge in [0.05, 0.1) is 5.52 Å². The first-order valence-corrected chi connectivity index (χ1v) is 8.10. The van der Waals surface area contributed by atoms with E-state index in [-0.39, 0.29) is 0 Å². The highest BCUT2D eigenvalue weighted by atomic mass is 32.2. The number of thioether (sulfide) groups is 1. The fraction of sp³-hybridized carbons (Fsp3) is 0.571. The summed E-state index contributed by atoms with van der Waals surface area (Å²) >= 11 is 1.88. The lowest BCUT2D eigenvalue weighted by atomic mass is 10.2. The summed E-state index contributed by atoms with van der Waals surface area (Å²) in [7, 11) is 0. The minimum Gasteiger partial charge on any atom is -0.382 e. The SMILES string of the molecule is CCc1nc2c(N)nc(C)c(C)c2n1CCCSC. The highest BCUT2D eigenvalue weighted by Crippen LogP contribution is 2.26. The lowest BCUT2D eigenvalue weighted by Gasteiger charge is -2.10. The van der Waals surface area contributed by atoms with Gasteiger partial charge in [0.15, 0.2) is 5.82 Å². The van der Waals surface area contributed by atoms with E-state index in [1.54, 1.807) is 0 Å². The predicted molar refractivity (Wildman–Crippen MR) is 83.8 cm³/mol. The third-order valence-electron chi connectivity index (χ3n) is 3.52. The van der Waals surface area contributed by atoms with Crippen molar-refractivity contribution in [2.75, 3.05) is 17.7 Å². The molecular weight excluding hydrogens is 256 g/mol. The van der Waals surface area contributed by atoms with Gasteiger partial charge in [-0.25, -0.2) is 9.97 Å². The van der Waals surface area contributed by atoms with Crippen molar-refractivity contribution in [3.8, 4) is 0 Å². The van der Waals surface area contributed by atoms with Gasteiger partial charge in [0, 0.05) is 18.7 Å². The summed E-state index contributed by atoms with van der Waals surface area (Å²) in [6.45, 7) is 7.26. The molecule has 104 valence electrons. The average Bonchev–Trinajstić information content (AvgIpc) is 2.76. The Kier molecular flexibility index (Phi) is 4.34. The Labute approximate surface area is 118 Å². The van der Waals surface area contributed by atoms with Gasteiger partial charge in [-0.05, 0) is 37.8 Å². The molecule has 0 aliphatic carbocycles. The molecule has 0 aliphatic heterocycles. The molecule has 0 radical (unpaired) electrons. The zero-order chi connectivity index (χ0) is 14.0. The lowest BCUT2D eigenvalue weighted by Crippen LogP contribution is -2.06. The Morgan fingerprint density at radius 1 is 1.26 bits per heavy atom. The third kappa shape index (κ3) is 2.56. The fourth-order valence-corrected chi connectivity index (χ4v) is 2.84. The number of pyridine rings is 1. The summed E-state index contributed by atoms with van der Waals surface area (Å²) < 4.78 is 2.33. The number of imidazole rings is 1. The van der Waals surface area contributed by atoms with E-state index in [0.717, 1.165) is 36.4 Å². The van der Waals surface area contributed by atoms with Crippen LogP contribution < -0.4 is 5.73 Å². The van der Waals surface area contributed by atoms with Gasteiger partial charge in [0.25, 0.3) is 0 Å². The first kappa shape index (κ1) is 14.2. The highest BCUT2D eigenvalue weighted by Gasteiger charge is 2.16. The van der Waals surface area contributed by atoms with Crippen LogP contribution in [-0.4, -0.2) is 26.5 Å². The molecule has 4 nitrogen and oxygen atoms in total. The first-order chi connectivity index (χ1) is 9.10. The predicted octanol–water partition coefficient (Wildman–Crippen LogP) is 2.95. The van der Waals surface area contributed by atoms with Crippen molar-refractivity contribution >= 4 is 28.6 Å². The molecular formula is C14H22N4S. The largest absolute Gasteiger partial charge is 0.382 e. The number of nitrogens with zero attached hydrogens (tertiary/aromatic N) is 3. The molecule has 0 spiro atoms. The van der Waals surface area contributed by atoms with Crippen LogP contribution in [0, 0.1) is 13.8 Å². The van der Waals surface area contributed by atoms with Gasteiger partial charge in [-0.3, -0.25) is 0 Å². The van der Waals surface area contributed by atoms with E-state index in [4.69, 9.17) is 5.73 Å². The Bertz CT molecular complexity index is 589. The summed E-state index contributed by atoms with van der Waals surface area (Å²) in [4.78, 5) is 9.06. The second-order valence-corrected chi connectivity index (χ2v) is 5.77. The summed E-state index contributed by atoms with van der Waals surface area (Å²) in [6, 6.07) is 0. The topological polar surface area (TPSA) is 56.7 Å². The molecule has 2 heterocycles. The maximum absolute atomic E-state index is 6.03. The van der Waals surface area contributed by atoms with Crippen molar-refractivity contribution in [1.82, 2.24) is 14.5 Å². The van der Waals surface area contributed by atoms with Crippen LogP contribution in [0.15, 0.2) is 0 Å². The van der Waals surface area contributed by atoms with E-state index in [1.807, 2.05) is 18.7 Å². The summed E-state index contributed by atoms with van der Waals surface area (Å²) in [5.41, 5.74) is 10.3. The number of aromatic nitrogens is 3. The Morgan fingerprint density at radius 3 is 2.63 bits per heavy atom. The third-order valence-corrected chi connectivity index (χ3v) is 4.22. The van der Waals surface area contributed by atoms with Gasteiger partial charge < -0.3 is 10.3 Å². The van der Waals surface area contributed by atoms with Crippen LogP contribution in [0.25, 0.3) is 11.0 Å². The standard InChI is InChI=1S/C14H22N4S/c1-5-11-17-12-13(18(11)7-6-8-19-4)9(2)10(3)16-14(12)15/h5-8H2,1-4H3,(H2,15,16). The quantitative estimate of drug-likeness (QED) is 0.854. The molecule has 0 unspecified atom stereocenters. The smallest absolute Gasteiger partial charge is 0.151 e. The van der Waals surface area contributed by atoms with E-state index in [9.17, 15) is 0 Å². The van der Waals surface area contributed by atoms with E-state index in [2.05, 4.69) is 34.6 Å². The summed E-state index contributed by atoms with van der Waals surface area (Å²) in [6.07, 6.45) is 4.22. The normalized spacial score (nSPS) is 11.4. The van der Waals surface area contributed by atoms with Crippen LogP contribution in [0.4, 0.5) is 5.82 Å². The maximum Gasteiger partial charge on any atom is 0.151 e. The molecule has 5 heteroatoms. The Balaban J connectivity index is 2.58. The molecule has 0 atom stereocenters. The zero-order valence-electron chi connectivity index (χ0n) is 12.2. The van der Waals surface area contributed by atoms with Crippen molar-refractivity contribution in [1.29, 1.82) is 0 Å². The molecule has 2 rings (SSSR count). The Hall–Kier alpha value is -1.23. The van der Waals surface area contributed by atoms with Gasteiger partial charge in [0.1, 0.15) is 11.3 Å². The van der Waals surface area contributed by atoms with Gasteiger partial charge in [0.2, 0.25) is 0 Å². The molecule has 2 aromatic heterocycles. The lowest BCUT2D eigenvalue weighted by molar-refractivity contribution is 0.663. The van der Waals surface area contributed by atoms with Crippen LogP contribution >= 0.6 is 11.8 Å². The number of aryl methyl sites for hydroxylation is 4. The minimum atomic E-state index is 0.552. The van der Waals surface area contributed by atoms with Crippen molar-refractivity contribution in [2.24, 2.45) is 0 Å². The number of anilines is 1. The van der Waals surface area contributed by atoms with Gasteiger partial charge >= 0.3 is 0 Å². The molecule has 0 saturated carbocycles. The van der Waals surface area contributed by atoms with Gasteiger partial charge in [-0.2, -0.15) is 11.8 Å². The molecule has 0 aliphatic rings. The zero-order valence-corrected chi connectivity index (χ0v) is 13.0. The van der Waals surface area contributed by atoms with Gasteiger partial charge in [-0.1, -0.05) is 6.92 Å². The fourth-order valence-electron chi connectivity index (χ4n) is 2.42. The molecule has 0 saturated heterocycles. The number of fused-ring (bicyclic) bond motifs is 1. The summed E-state index contributed by atoms with van der Waals surface area (Å²) in [5.74, 6) is 2.83. The molecule has 2 N–H and O–H groups in total. The van der Waals surface area contributed by atoms with Crippen LogP contribution in [-0.2, 0) is 13.0 Å². The van der Waals surface area contributed by atoms with Crippen molar-refractivity contribution in [3.63, 3.8) is 0 Å². The van der Waals surface area contributed by atoms with E-state index < -0.39 is 0 Å². The van der Waals surface area contributed by atoms with Crippen molar-refractivity contribution < 1.29 is 0 Å². The molecule has 2 aromatic rings. The first-order valence-electron chi connectivity index (χ1n) is 6.70. The minimum absolute atomic E-state index is 0.552. The number of hydrogen-bond donors (Lipinski definition) is 1. The van der Waals surface area contributed by atoms with Crippen molar-refractivity contribution in [3.05, 3.63) is 17.1 Å². The van der Waals surface area contributed by atoms with Crippen LogP contribution in [0.2, 0.25) is 0 Å². The number of rotatable bonds is 5. The molecule has 0 amide bonds. The van der Waals surface area contributed by atoms with E-state index >= 15 is 0 Å². The van der Waals surface area contributed by atoms with Crippen molar-refractivity contribution in [2.45, 2.75) is 40.2 Å². The Morgan fingerprint density at radius 2 is 2.00 bits per heavy atom. The molecule has 0 aromatic carbocycles. The van der Waals surface area contributed by atoms with Crippen LogP contribution in [0.5, 0.6) is 0 Å². The second-order valence-electron chi connectivity index (χ2n) is 4.78. The van der Waals surface area contributed by atoms with Crippen LogP contribution in [0.3, 0.4) is 0 Å². The molecule has 0 fully saturated rings. The second kappa shape index (κ2) is 5.82. The summed E-state index contributed by atoms with van der Waals surface area (Å²) in [5, 5.41) is 0. The molecule has 0 bridgehead atoms.